The van der Waals surface area contributed by atoms with Gasteiger partial charge in [0.05, 0.1) is 0 Å². The molecule has 0 fully saturated rings. The lowest BCUT2D eigenvalue weighted by Crippen LogP contribution is -1.87. The van der Waals surface area contributed by atoms with Gasteiger partial charge in [0.25, 0.3) is 0 Å². The van der Waals surface area contributed by atoms with Gasteiger partial charge in [-0.2, -0.15) is 0 Å². The number of unbranched alkanes of at least 4 members (excludes halogenated alkanes) is 22. The molecule has 0 aromatic carbocycles. The van der Waals surface area contributed by atoms with Crippen molar-refractivity contribution in [2.75, 3.05) is 6.61 Å². The molecule has 0 rings (SSSR count). The largest absolute Gasteiger partial charge is 0.396 e. The van der Waals surface area contributed by atoms with Crippen LogP contribution in [0.1, 0.15) is 168 Å². The third-order valence-corrected chi connectivity index (χ3v) is 6.44. The van der Waals surface area contributed by atoms with Crippen LogP contribution in [0.15, 0.2) is 0 Å². The molecule has 1 nitrogen and oxygen atoms in total. The van der Waals surface area contributed by atoms with Gasteiger partial charge in [0.1, 0.15) is 0 Å². The van der Waals surface area contributed by atoms with E-state index >= 15 is 0 Å². The number of aliphatic hydroxyl groups excluding tert-OH is 1. The Morgan fingerprint density at radius 2 is 0.552 bits per heavy atom. The van der Waals surface area contributed by atoms with Crippen LogP contribution in [0.4, 0.5) is 0 Å². The van der Waals surface area contributed by atoms with Gasteiger partial charge < -0.3 is 5.11 Å². The summed E-state index contributed by atoms with van der Waals surface area (Å²) < 4.78 is 0. The van der Waals surface area contributed by atoms with Gasteiger partial charge in [-0.15, -0.1) is 0 Å². The predicted molar refractivity (Wildman–Crippen MR) is 133 cm³/mol. The second-order valence-electron chi connectivity index (χ2n) is 10.0. The maximum Gasteiger partial charge on any atom is 0.0431 e. The van der Waals surface area contributed by atoms with E-state index in [0.29, 0.717) is 6.61 Å². The van der Waals surface area contributed by atoms with Crippen molar-refractivity contribution in [1.82, 2.24) is 0 Å². The quantitative estimate of drug-likeness (QED) is 0.148. The fourth-order valence-electron chi connectivity index (χ4n) is 4.38. The maximum absolute atomic E-state index is 8.75. The predicted octanol–water partition coefficient (Wildman–Crippen LogP) is 10.00. The Morgan fingerprint density at radius 1 is 0.345 bits per heavy atom. The van der Waals surface area contributed by atoms with E-state index in [2.05, 4.69) is 13.8 Å². The highest BCUT2D eigenvalue weighted by Gasteiger charge is 1.97. The fourth-order valence-corrected chi connectivity index (χ4v) is 4.38. The second kappa shape index (κ2) is 26.0. The third-order valence-electron chi connectivity index (χ3n) is 6.44. The zero-order chi connectivity index (χ0) is 21.3. The van der Waals surface area contributed by atoms with Crippen molar-refractivity contribution in [3.63, 3.8) is 0 Å². The first-order valence-electron chi connectivity index (χ1n) is 13.9. The molecule has 0 aromatic heterocycles. The molecule has 0 aliphatic heterocycles. The Balaban J connectivity index is 2.98. The van der Waals surface area contributed by atoms with Crippen LogP contribution >= 0.6 is 0 Å². The van der Waals surface area contributed by atoms with Gasteiger partial charge in [-0.1, -0.05) is 162 Å². The third kappa shape index (κ3) is 28.0. The second-order valence-corrected chi connectivity index (χ2v) is 10.0. The summed E-state index contributed by atoms with van der Waals surface area (Å²) in [4.78, 5) is 0. The average molecular weight is 411 g/mol. The van der Waals surface area contributed by atoms with Crippen LogP contribution < -0.4 is 0 Å². The van der Waals surface area contributed by atoms with Crippen molar-refractivity contribution >= 4 is 0 Å². The number of aliphatic hydroxyl groups is 1. The molecule has 0 aliphatic rings. The van der Waals surface area contributed by atoms with Gasteiger partial charge in [-0.3, -0.25) is 0 Å². The fraction of sp³-hybridized carbons (Fsp3) is 1.00. The Hall–Kier alpha value is -0.0400. The lowest BCUT2D eigenvalue weighted by molar-refractivity contribution is 0.282. The van der Waals surface area contributed by atoms with Crippen molar-refractivity contribution in [3.05, 3.63) is 0 Å². The topological polar surface area (TPSA) is 20.2 Å². The number of hydrogen-bond acceptors (Lipinski definition) is 1. The molecule has 1 heteroatoms. The molecule has 0 radical (unpaired) electrons. The maximum atomic E-state index is 8.75. The molecule has 0 heterocycles. The van der Waals surface area contributed by atoms with E-state index in [1.54, 1.807) is 0 Å². The summed E-state index contributed by atoms with van der Waals surface area (Å²) in [5.41, 5.74) is 0. The van der Waals surface area contributed by atoms with Gasteiger partial charge >= 0.3 is 0 Å². The molecule has 29 heavy (non-hydrogen) atoms. The smallest absolute Gasteiger partial charge is 0.0431 e. The van der Waals surface area contributed by atoms with E-state index in [1.807, 2.05) is 0 Å². The summed E-state index contributed by atoms with van der Waals surface area (Å²) >= 11 is 0. The summed E-state index contributed by atoms with van der Waals surface area (Å²) in [5.74, 6) is 0.892. The zero-order valence-electron chi connectivity index (χ0n) is 20.7. The summed E-state index contributed by atoms with van der Waals surface area (Å²) in [6.07, 6.45) is 34.1. The minimum atomic E-state index is 0.374. The molecule has 0 amide bonds. The minimum absolute atomic E-state index is 0.374. The van der Waals surface area contributed by atoms with E-state index in [0.717, 1.165) is 12.3 Å². The van der Waals surface area contributed by atoms with E-state index in [4.69, 9.17) is 5.11 Å². The summed E-state index contributed by atoms with van der Waals surface area (Å²) in [5, 5.41) is 8.75. The van der Waals surface area contributed by atoms with Crippen LogP contribution in [0.5, 0.6) is 0 Å². The van der Waals surface area contributed by atoms with Gasteiger partial charge in [0.2, 0.25) is 0 Å². The van der Waals surface area contributed by atoms with Crippen LogP contribution in [0.25, 0.3) is 0 Å². The first kappa shape index (κ1) is 29.0. The number of rotatable bonds is 25. The SMILES string of the molecule is CC(C)CCCCCCCCCCCCCCCCCCCCCCCCCO. The normalized spacial score (nSPS) is 11.6. The standard InChI is InChI=1S/C28H58O/c1-28(2)26-24-22-20-18-16-14-12-10-8-6-4-3-5-7-9-11-13-15-17-19-21-23-25-27-29/h28-29H,3-27H2,1-2H3. The molecule has 0 aromatic rings. The molecule has 0 aliphatic carbocycles. The zero-order valence-corrected chi connectivity index (χ0v) is 20.7. The van der Waals surface area contributed by atoms with Crippen molar-refractivity contribution in [3.8, 4) is 0 Å². The van der Waals surface area contributed by atoms with Crippen molar-refractivity contribution in [2.24, 2.45) is 5.92 Å². The summed E-state index contributed by atoms with van der Waals surface area (Å²) in [6.45, 7) is 5.06. The van der Waals surface area contributed by atoms with E-state index in [1.165, 1.54) is 148 Å². The van der Waals surface area contributed by atoms with Gasteiger partial charge in [-0.05, 0) is 12.3 Å². The average Bonchev–Trinajstić information content (AvgIpc) is 2.71. The highest BCUT2D eigenvalue weighted by molar-refractivity contribution is 4.52. The van der Waals surface area contributed by atoms with E-state index < -0.39 is 0 Å². The summed E-state index contributed by atoms with van der Waals surface area (Å²) in [7, 11) is 0. The Bertz CT molecular complexity index is 273. The van der Waals surface area contributed by atoms with Gasteiger partial charge in [0.15, 0.2) is 0 Å². The molecule has 0 unspecified atom stereocenters. The molecule has 1 N–H and O–H groups in total. The molecule has 0 bridgehead atoms. The summed E-state index contributed by atoms with van der Waals surface area (Å²) in [6, 6.07) is 0. The van der Waals surface area contributed by atoms with Crippen LogP contribution in [0.3, 0.4) is 0 Å². The molecule has 0 saturated heterocycles. The van der Waals surface area contributed by atoms with Crippen LogP contribution in [0.2, 0.25) is 0 Å². The van der Waals surface area contributed by atoms with Crippen molar-refractivity contribution in [2.45, 2.75) is 168 Å². The molecule has 0 atom stereocenters. The van der Waals surface area contributed by atoms with E-state index in [-0.39, 0.29) is 0 Å². The Labute approximate surface area is 185 Å². The van der Waals surface area contributed by atoms with Crippen LogP contribution in [0, 0.1) is 5.92 Å². The van der Waals surface area contributed by atoms with Crippen molar-refractivity contribution in [1.29, 1.82) is 0 Å². The van der Waals surface area contributed by atoms with Crippen molar-refractivity contribution < 1.29 is 5.11 Å². The lowest BCUT2D eigenvalue weighted by Gasteiger charge is -2.05. The van der Waals surface area contributed by atoms with E-state index in [9.17, 15) is 0 Å². The minimum Gasteiger partial charge on any atom is -0.396 e. The Morgan fingerprint density at radius 3 is 0.759 bits per heavy atom. The Kier molecular flexibility index (Phi) is 26.0. The van der Waals surface area contributed by atoms with Gasteiger partial charge in [-0.25, -0.2) is 0 Å². The number of hydrogen-bond donors (Lipinski definition) is 1. The van der Waals surface area contributed by atoms with Crippen LogP contribution in [-0.2, 0) is 0 Å². The van der Waals surface area contributed by atoms with Gasteiger partial charge in [0, 0.05) is 6.61 Å². The van der Waals surface area contributed by atoms with Crippen LogP contribution in [-0.4, -0.2) is 11.7 Å². The molecular formula is C28H58O. The monoisotopic (exact) mass is 410 g/mol. The molecule has 176 valence electrons. The lowest BCUT2D eigenvalue weighted by atomic mass is 10.0. The highest BCUT2D eigenvalue weighted by atomic mass is 16.2. The first-order chi connectivity index (χ1) is 14.3. The molecule has 0 spiro atoms. The molecular weight excluding hydrogens is 352 g/mol. The molecule has 0 saturated carbocycles. The first-order valence-corrected chi connectivity index (χ1v) is 13.9. The highest BCUT2D eigenvalue weighted by Crippen LogP contribution is 2.16.